The maximum atomic E-state index is 12.9. The molecule has 0 saturated carbocycles. The largest absolute Gasteiger partial charge is 0.320 e. The first kappa shape index (κ1) is 14.2. The van der Waals surface area contributed by atoms with Gasteiger partial charge in [0.15, 0.2) is 12.4 Å². The van der Waals surface area contributed by atoms with Crippen molar-refractivity contribution in [3.05, 3.63) is 72.8 Å². The van der Waals surface area contributed by atoms with E-state index >= 15 is 0 Å². The highest BCUT2D eigenvalue weighted by molar-refractivity contribution is 5.92. The summed E-state index contributed by atoms with van der Waals surface area (Å²) in [5.74, 6) is -0.471. The van der Waals surface area contributed by atoms with E-state index in [0.717, 1.165) is 10.8 Å². The van der Waals surface area contributed by atoms with Crippen LogP contribution < -0.4 is 9.88 Å². The fourth-order valence-corrected chi connectivity index (χ4v) is 2.31. The van der Waals surface area contributed by atoms with Crippen LogP contribution in [0.1, 0.15) is 13.0 Å². The Hall–Kier alpha value is -2.75. The number of pyridine rings is 1. The Balaban J connectivity index is 1.80. The first-order valence-electron chi connectivity index (χ1n) is 7.09. The summed E-state index contributed by atoms with van der Waals surface area (Å²) in [7, 11) is 0. The van der Waals surface area contributed by atoms with Gasteiger partial charge in [0, 0.05) is 24.1 Å². The van der Waals surface area contributed by atoms with Crippen molar-refractivity contribution in [2.45, 2.75) is 13.0 Å². The van der Waals surface area contributed by atoms with Crippen LogP contribution in [0.15, 0.2) is 67.0 Å². The molecule has 1 atom stereocenters. The van der Waals surface area contributed by atoms with Gasteiger partial charge in [0.25, 0.3) is 5.91 Å². The monoisotopic (exact) mass is 295 g/mol. The third kappa shape index (κ3) is 2.96. The molecule has 110 valence electrons. The number of amides is 1. The fourth-order valence-electron chi connectivity index (χ4n) is 2.31. The highest BCUT2D eigenvalue weighted by Gasteiger charge is 2.22. The van der Waals surface area contributed by atoms with Crippen LogP contribution in [-0.2, 0) is 4.79 Å². The summed E-state index contributed by atoms with van der Waals surface area (Å²) in [6.07, 6.45) is 3.83. The van der Waals surface area contributed by atoms with E-state index in [9.17, 15) is 9.18 Å². The number of fused-ring (bicyclic) bond motifs is 1. The second-order valence-corrected chi connectivity index (χ2v) is 5.19. The molecule has 0 bridgehead atoms. The third-order valence-corrected chi connectivity index (χ3v) is 3.65. The van der Waals surface area contributed by atoms with Gasteiger partial charge in [-0.1, -0.05) is 18.2 Å². The molecule has 3 aromatic rings. The second-order valence-electron chi connectivity index (χ2n) is 5.19. The van der Waals surface area contributed by atoms with Gasteiger partial charge in [-0.2, -0.15) is 4.57 Å². The average Bonchev–Trinajstić information content (AvgIpc) is 2.55. The lowest BCUT2D eigenvalue weighted by Gasteiger charge is -2.09. The highest BCUT2D eigenvalue weighted by Crippen LogP contribution is 2.13. The zero-order valence-electron chi connectivity index (χ0n) is 12.2. The second kappa shape index (κ2) is 5.93. The number of rotatable bonds is 3. The van der Waals surface area contributed by atoms with Crippen LogP contribution in [0.4, 0.5) is 10.1 Å². The lowest BCUT2D eigenvalue weighted by Crippen LogP contribution is -2.44. The molecule has 1 heterocycles. The van der Waals surface area contributed by atoms with Crippen molar-refractivity contribution in [2.75, 3.05) is 5.32 Å². The molecule has 3 rings (SSSR count). The molecule has 0 saturated heterocycles. The summed E-state index contributed by atoms with van der Waals surface area (Å²) in [6, 6.07) is 15.3. The first-order valence-corrected chi connectivity index (χ1v) is 7.09. The molecule has 1 amide bonds. The maximum absolute atomic E-state index is 12.9. The Morgan fingerprint density at radius 2 is 1.73 bits per heavy atom. The number of carbonyl (C=O) groups is 1. The zero-order chi connectivity index (χ0) is 15.5. The Labute approximate surface area is 128 Å². The van der Waals surface area contributed by atoms with Crippen LogP contribution in [0.3, 0.4) is 0 Å². The molecule has 2 aromatic carbocycles. The Bertz CT molecular complexity index is 815. The molecule has 22 heavy (non-hydrogen) atoms. The van der Waals surface area contributed by atoms with Crippen LogP contribution in [0, 0.1) is 5.82 Å². The number of carbonyl (C=O) groups excluding carboxylic acids is 1. The minimum Gasteiger partial charge on any atom is -0.320 e. The standard InChI is InChI=1S/C18H15FN2O/c1-13(18(22)20-17-8-6-16(19)7-9-17)21-11-10-14-4-2-3-5-15(14)12-21/h2-13H,1H3/p+1/t13-/m0/s1. The van der Waals surface area contributed by atoms with Gasteiger partial charge in [0.2, 0.25) is 6.04 Å². The Kier molecular flexibility index (Phi) is 3.83. The molecule has 0 spiro atoms. The van der Waals surface area contributed by atoms with Gasteiger partial charge in [0.1, 0.15) is 5.82 Å². The van der Waals surface area contributed by atoms with Crippen molar-refractivity contribution in [3.8, 4) is 0 Å². The minimum atomic E-state index is -0.366. The van der Waals surface area contributed by atoms with Crippen molar-refractivity contribution in [2.24, 2.45) is 0 Å². The van der Waals surface area contributed by atoms with Gasteiger partial charge in [-0.05, 0) is 35.7 Å². The Morgan fingerprint density at radius 3 is 2.45 bits per heavy atom. The predicted octanol–water partition coefficient (Wildman–Crippen LogP) is 3.47. The summed E-state index contributed by atoms with van der Waals surface area (Å²) < 4.78 is 14.7. The molecule has 4 heteroatoms. The summed E-state index contributed by atoms with van der Waals surface area (Å²) >= 11 is 0. The van der Waals surface area contributed by atoms with Crippen LogP contribution >= 0.6 is 0 Å². The van der Waals surface area contributed by atoms with Gasteiger partial charge in [-0.25, -0.2) is 4.39 Å². The number of halogens is 1. The van der Waals surface area contributed by atoms with Gasteiger partial charge in [0.05, 0.1) is 0 Å². The number of anilines is 1. The quantitative estimate of drug-likeness (QED) is 0.737. The number of nitrogens with one attached hydrogen (secondary N) is 1. The van der Waals surface area contributed by atoms with E-state index < -0.39 is 0 Å². The van der Waals surface area contributed by atoms with E-state index in [1.54, 1.807) is 12.1 Å². The lowest BCUT2D eigenvalue weighted by atomic mass is 10.1. The summed E-state index contributed by atoms with van der Waals surface area (Å²) in [6.45, 7) is 1.83. The molecule has 0 radical (unpaired) electrons. The van der Waals surface area contributed by atoms with Crippen LogP contribution in [-0.4, -0.2) is 5.91 Å². The summed E-state index contributed by atoms with van der Waals surface area (Å²) in [5, 5.41) is 4.99. The van der Waals surface area contributed by atoms with E-state index in [4.69, 9.17) is 0 Å². The average molecular weight is 295 g/mol. The molecule has 0 aliphatic heterocycles. The fraction of sp³-hybridized carbons (Fsp3) is 0.111. The molecule has 0 aliphatic carbocycles. The van der Waals surface area contributed by atoms with Crippen molar-refractivity contribution in [3.63, 3.8) is 0 Å². The van der Waals surface area contributed by atoms with E-state index in [0.29, 0.717) is 5.69 Å². The maximum Gasteiger partial charge on any atom is 0.293 e. The van der Waals surface area contributed by atoms with Crippen molar-refractivity contribution in [1.82, 2.24) is 0 Å². The lowest BCUT2D eigenvalue weighted by molar-refractivity contribution is -0.704. The van der Waals surface area contributed by atoms with Crippen molar-refractivity contribution in [1.29, 1.82) is 0 Å². The van der Waals surface area contributed by atoms with E-state index in [1.165, 1.54) is 12.1 Å². The highest BCUT2D eigenvalue weighted by atomic mass is 19.1. The molecule has 3 nitrogen and oxygen atoms in total. The minimum absolute atomic E-state index is 0.146. The summed E-state index contributed by atoms with van der Waals surface area (Å²) in [4.78, 5) is 12.3. The Morgan fingerprint density at radius 1 is 1.05 bits per heavy atom. The molecule has 0 fully saturated rings. The van der Waals surface area contributed by atoms with Gasteiger partial charge >= 0.3 is 0 Å². The molecule has 0 unspecified atom stereocenters. The molecule has 1 N–H and O–H groups in total. The van der Waals surface area contributed by atoms with E-state index in [-0.39, 0.29) is 17.8 Å². The molecule has 1 aromatic heterocycles. The summed E-state index contributed by atoms with van der Waals surface area (Å²) in [5.41, 5.74) is 0.583. The van der Waals surface area contributed by atoms with Gasteiger partial charge < -0.3 is 5.32 Å². The molecular formula is C18H16FN2O+. The smallest absolute Gasteiger partial charge is 0.293 e. The third-order valence-electron chi connectivity index (χ3n) is 3.65. The topological polar surface area (TPSA) is 33.0 Å². The zero-order valence-corrected chi connectivity index (χ0v) is 12.2. The predicted molar refractivity (Wildman–Crippen MR) is 83.9 cm³/mol. The van der Waals surface area contributed by atoms with Crippen LogP contribution in [0.5, 0.6) is 0 Å². The number of aromatic nitrogens is 1. The molecule has 0 aliphatic rings. The molecular weight excluding hydrogens is 279 g/mol. The number of benzene rings is 2. The van der Waals surface area contributed by atoms with Crippen molar-refractivity contribution < 1.29 is 13.8 Å². The first-order chi connectivity index (χ1) is 10.6. The van der Waals surface area contributed by atoms with Crippen LogP contribution in [0.2, 0.25) is 0 Å². The van der Waals surface area contributed by atoms with E-state index in [1.807, 2.05) is 54.2 Å². The van der Waals surface area contributed by atoms with E-state index in [2.05, 4.69) is 5.32 Å². The van der Waals surface area contributed by atoms with Gasteiger partial charge in [-0.15, -0.1) is 0 Å². The van der Waals surface area contributed by atoms with Gasteiger partial charge in [-0.3, -0.25) is 4.79 Å². The number of nitrogens with zero attached hydrogens (tertiary/aromatic N) is 1. The normalized spacial score (nSPS) is 12.1. The van der Waals surface area contributed by atoms with Crippen molar-refractivity contribution >= 4 is 22.4 Å². The number of hydrogen-bond donors (Lipinski definition) is 1. The SMILES string of the molecule is C[C@@H](C(=O)Nc1ccc(F)cc1)[n+]1ccc2ccccc2c1. The van der Waals surface area contributed by atoms with Crippen LogP contribution in [0.25, 0.3) is 10.8 Å². The number of hydrogen-bond acceptors (Lipinski definition) is 1.